The minimum atomic E-state index is -0.499. The standard InChI is InChI=1S/C8H7N3O2S/c12-8(11-13)7-2-1-6(14-7)5-3-4-9-10-5/h1-4,13H,(H,9,10)(H,11,12). The summed E-state index contributed by atoms with van der Waals surface area (Å²) in [5.74, 6) is -0.499. The number of aromatic amines is 1. The number of carbonyl (C=O) groups excluding carboxylic acids is 1. The molecule has 0 aromatic carbocycles. The van der Waals surface area contributed by atoms with Gasteiger partial charge in [-0.15, -0.1) is 11.3 Å². The van der Waals surface area contributed by atoms with E-state index in [9.17, 15) is 4.79 Å². The number of carbonyl (C=O) groups is 1. The van der Waals surface area contributed by atoms with Crippen LogP contribution in [0, 0.1) is 0 Å². The summed E-state index contributed by atoms with van der Waals surface area (Å²) in [6.45, 7) is 0. The van der Waals surface area contributed by atoms with Gasteiger partial charge in [0.05, 0.1) is 15.4 Å². The van der Waals surface area contributed by atoms with Gasteiger partial charge in [-0.25, -0.2) is 5.48 Å². The summed E-state index contributed by atoms with van der Waals surface area (Å²) >= 11 is 1.28. The Bertz CT molecular complexity index is 435. The van der Waals surface area contributed by atoms with Crippen LogP contribution in [0.1, 0.15) is 9.67 Å². The van der Waals surface area contributed by atoms with E-state index in [1.165, 1.54) is 11.3 Å². The van der Waals surface area contributed by atoms with Crippen molar-refractivity contribution in [3.05, 3.63) is 29.3 Å². The molecule has 6 heteroatoms. The molecule has 3 N–H and O–H groups in total. The van der Waals surface area contributed by atoms with Crippen molar-refractivity contribution in [2.24, 2.45) is 0 Å². The molecule has 0 bridgehead atoms. The molecule has 5 nitrogen and oxygen atoms in total. The first-order valence-electron chi connectivity index (χ1n) is 3.85. The normalized spacial score (nSPS) is 10.1. The molecule has 0 aliphatic carbocycles. The number of hydrogen-bond acceptors (Lipinski definition) is 4. The third kappa shape index (κ3) is 1.52. The number of hydrogen-bond donors (Lipinski definition) is 3. The highest BCUT2D eigenvalue weighted by molar-refractivity contribution is 7.17. The zero-order chi connectivity index (χ0) is 9.97. The predicted octanol–water partition coefficient (Wildman–Crippen LogP) is 1.26. The Balaban J connectivity index is 2.31. The van der Waals surface area contributed by atoms with Crippen LogP contribution < -0.4 is 5.48 Å². The fraction of sp³-hybridized carbons (Fsp3) is 0. The Morgan fingerprint density at radius 1 is 1.50 bits per heavy atom. The molecule has 0 atom stereocenters. The van der Waals surface area contributed by atoms with Crippen molar-refractivity contribution in [3.63, 3.8) is 0 Å². The van der Waals surface area contributed by atoms with E-state index in [2.05, 4.69) is 10.2 Å². The maximum atomic E-state index is 11.0. The molecule has 2 aromatic rings. The minimum Gasteiger partial charge on any atom is -0.288 e. The van der Waals surface area contributed by atoms with E-state index in [1.54, 1.807) is 23.8 Å². The molecular weight excluding hydrogens is 202 g/mol. The molecule has 0 fully saturated rings. The number of hydroxylamine groups is 1. The molecule has 0 saturated carbocycles. The van der Waals surface area contributed by atoms with E-state index in [1.807, 2.05) is 6.07 Å². The first kappa shape index (κ1) is 8.92. The number of rotatable bonds is 2. The lowest BCUT2D eigenvalue weighted by Gasteiger charge is -1.91. The lowest BCUT2D eigenvalue weighted by Crippen LogP contribution is -2.16. The third-order valence-corrected chi connectivity index (χ3v) is 2.81. The van der Waals surface area contributed by atoms with Crippen LogP contribution in [-0.2, 0) is 0 Å². The highest BCUT2D eigenvalue weighted by atomic mass is 32.1. The van der Waals surface area contributed by atoms with Gasteiger partial charge < -0.3 is 0 Å². The number of H-pyrrole nitrogens is 1. The van der Waals surface area contributed by atoms with Crippen molar-refractivity contribution in [3.8, 4) is 10.6 Å². The number of nitrogens with zero attached hydrogens (tertiary/aromatic N) is 1. The van der Waals surface area contributed by atoms with E-state index in [0.717, 1.165) is 10.6 Å². The monoisotopic (exact) mass is 209 g/mol. The molecule has 0 spiro atoms. The number of amides is 1. The molecule has 0 unspecified atom stereocenters. The summed E-state index contributed by atoms with van der Waals surface area (Å²) in [4.78, 5) is 12.4. The van der Waals surface area contributed by atoms with E-state index >= 15 is 0 Å². The Morgan fingerprint density at radius 2 is 2.36 bits per heavy atom. The van der Waals surface area contributed by atoms with Gasteiger partial charge in [-0.05, 0) is 18.2 Å². The Hall–Kier alpha value is -1.66. The van der Waals surface area contributed by atoms with Gasteiger partial charge in [0.25, 0.3) is 5.91 Å². The van der Waals surface area contributed by atoms with E-state index in [0.29, 0.717) is 4.88 Å². The summed E-state index contributed by atoms with van der Waals surface area (Å²) in [6, 6.07) is 5.25. The molecular formula is C8H7N3O2S. The van der Waals surface area contributed by atoms with Gasteiger partial charge in [0, 0.05) is 6.20 Å². The van der Waals surface area contributed by atoms with Crippen LogP contribution in [0.3, 0.4) is 0 Å². The lowest BCUT2D eigenvalue weighted by atomic mass is 10.3. The third-order valence-electron chi connectivity index (χ3n) is 1.70. The Morgan fingerprint density at radius 3 is 3.00 bits per heavy atom. The van der Waals surface area contributed by atoms with E-state index in [4.69, 9.17) is 5.21 Å². The highest BCUT2D eigenvalue weighted by Gasteiger charge is 2.09. The number of thiophene rings is 1. The van der Waals surface area contributed by atoms with Gasteiger partial charge in [-0.3, -0.25) is 15.1 Å². The van der Waals surface area contributed by atoms with Crippen molar-refractivity contribution in [2.45, 2.75) is 0 Å². The van der Waals surface area contributed by atoms with Crippen LogP contribution in [0.5, 0.6) is 0 Å². The molecule has 1 amide bonds. The van der Waals surface area contributed by atoms with Crippen LogP contribution in [0.2, 0.25) is 0 Å². The fourth-order valence-electron chi connectivity index (χ4n) is 1.05. The average molecular weight is 209 g/mol. The lowest BCUT2D eigenvalue weighted by molar-refractivity contribution is 0.0711. The van der Waals surface area contributed by atoms with Crippen molar-refractivity contribution >= 4 is 17.2 Å². The SMILES string of the molecule is O=C(NO)c1ccc(-c2ccn[nH]2)s1. The summed E-state index contributed by atoms with van der Waals surface area (Å²) in [5.41, 5.74) is 2.44. The van der Waals surface area contributed by atoms with Gasteiger partial charge in [0.15, 0.2) is 0 Å². The molecule has 2 aromatic heterocycles. The average Bonchev–Trinajstić information content (AvgIpc) is 2.86. The first-order valence-corrected chi connectivity index (χ1v) is 4.67. The Kier molecular flexibility index (Phi) is 2.30. The molecule has 0 aliphatic heterocycles. The van der Waals surface area contributed by atoms with Gasteiger partial charge >= 0.3 is 0 Å². The number of aromatic nitrogens is 2. The molecule has 72 valence electrons. The van der Waals surface area contributed by atoms with Crippen LogP contribution >= 0.6 is 11.3 Å². The zero-order valence-corrected chi connectivity index (χ0v) is 7.84. The van der Waals surface area contributed by atoms with Crippen molar-refractivity contribution in [1.82, 2.24) is 15.7 Å². The molecule has 0 aliphatic rings. The maximum absolute atomic E-state index is 11.0. The van der Waals surface area contributed by atoms with E-state index < -0.39 is 5.91 Å². The summed E-state index contributed by atoms with van der Waals surface area (Å²) in [7, 11) is 0. The minimum absolute atomic E-state index is 0.456. The second-order valence-electron chi connectivity index (χ2n) is 2.58. The van der Waals surface area contributed by atoms with Gasteiger partial charge in [0.2, 0.25) is 0 Å². The van der Waals surface area contributed by atoms with Crippen LogP contribution in [0.4, 0.5) is 0 Å². The molecule has 14 heavy (non-hydrogen) atoms. The predicted molar refractivity (Wildman–Crippen MR) is 51.2 cm³/mol. The largest absolute Gasteiger partial charge is 0.288 e. The van der Waals surface area contributed by atoms with Crippen molar-refractivity contribution in [2.75, 3.05) is 0 Å². The summed E-state index contributed by atoms with van der Waals surface area (Å²) < 4.78 is 0. The van der Waals surface area contributed by atoms with Crippen LogP contribution in [0.25, 0.3) is 10.6 Å². The molecule has 2 rings (SSSR count). The molecule has 0 saturated heterocycles. The van der Waals surface area contributed by atoms with Crippen molar-refractivity contribution in [1.29, 1.82) is 0 Å². The van der Waals surface area contributed by atoms with Crippen molar-refractivity contribution < 1.29 is 10.0 Å². The topological polar surface area (TPSA) is 78.0 Å². The summed E-state index contributed by atoms with van der Waals surface area (Å²) in [6.07, 6.45) is 1.64. The van der Waals surface area contributed by atoms with Gasteiger partial charge in [-0.1, -0.05) is 0 Å². The number of nitrogens with one attached hydrogen (secondary N) is 2. The maximum Gasteiger partial charge on any atom is 0.284 e. The highest BCUT2D eigenvalue weighted by Crippen LogP contribution is 2.25. The van der Waals surface area contributed by atoms with Crippen LogP contribution in [-0.4, -0.2) is 21.3 Å². The Labute approximate surface area is 83.4 Å². The fourth-order valence-corrected chi connectivity index (χ4v) is 1.92. The van der Waals surface area contributed by atoms with Gasteiger partial charge in [0.1, 0.15) is 0 Å². The van der Waals surface area contributed by atoms with Crippen LogP contribution in [0.15, 0.2) is 24.4 Å². The van der Waals surface area contributed by atoms with Gasteiger partial charge in [-0.2, -0.15) is 5.10 Å². The smallest absolute Gasteiger partial charge is 0.284 e. The molecule has 0 radical (unpaired) electrons. The zero-order valence-electron chi connectivity index (χ0n) is 7.02. The van der Waals surface area contributed by atoms with E-state index in [-0.39, 0.29) is 0 Å². The molecule has 2 heterocycles. The second-order valence-corrected chi connectivity index (χ2v) is 3.66. The second kappa shape index (κ2) is 3.60. The first-order chi connectivity index (χ1) is 6.81. The quantitative estimate of drug-likeness (QED) is 0.514. The summed E-state index contributed by atoms with van der Waals surface area (Å²) in [5, 5.41) is 15.0.